The van der Waals surface area contributed by atoms with Gasteiger partial charge in [-0.2, -0.15) is 0 Å². The average molecular weight is 212 g/mol. The lowest BCUT2D eigenvalue weighted by atomic mass is 9.98. The predicted molar refractivity (Wildman–Crippen MR) is 62.2 cm³/mol. The van der Waals surface area contributed by atoms with E-state index in [1.54, 1.807) is 13.1 Å². The topological polar surface area (TPSA) is 42.9 Å². The lowest BCUT2D eigenvalue weighted by Crippen LogP contribution is -1.98. The molecule has 0 aliphatic rings. The summed E-state index contributed by atoms with van der Waals surface area (Å²) in [4.78, 5) is 19.6. The molecule has 0 unspecified atom stereocenters. The van der Waals surface area contributed by atoms with Crippen molar-refractivity contribution in [3.63, 3.8) is 0 Å². The Bertz CT molecular complexity index is 535. The van der Waals surface area contributed by atoms with Crippen LogP contribution in [0.3, 0.4) is 0 Å². The van der Waals surface area contributed by atoms with E-state index < -0.39 is 0 Å². The molecule has 0 N–H and O–H groups in total. The molecule has 0 aliphatic heterocycles. The van der Waals surface area contributed by atoms with Crippen molar-refractivity contribution in [3.05, 3.63) is 48.0 Å². The zero-order valence-electron chi connectivity index (χ0n) is 9.27. The highest BCUT2D eigenvalue weighted by atomic mass is 16.1. The van der Waals surface area contributed by atoms with Crippen molar-refractivity contribution in [3.8, 4) is 11.1 Å². The van der Waals surface area contributed by atoms with Gasteiger partial charge in [-0.3, -0.25) is 4.79 Å². The fourth-order valence-corrected chi connectivity index (χ4v) is 1.68. The molecule has 0 amide bonds. The van der Waals surface area contributed by atoms with Gasteiger partial charge < -0.3 is 0 Å². The highest BCUT2D eigenvalue weighted by Crippen LogP contribution is 2.24. The number of benzene rings is 1. The van der Waals surface area contributed by atoms with Gasteiger partial charge in [0.2, 0.25) is 0 Å². The molecule has 1 heterocycles. The van der Waals surface area contributed by atoms with Gasteiger partial charge in [-0.25, -0.2) is 9.97 Å². The maximum Gasteiger partial charge on any atom is 0.160 e. The summed E-state index contributed by atoms with van der Waals surface area (Å²) in [6, 6.07) is 7.51. The summed E-state index contributed by atoms with van der Waals surface area (Å²) in [5.74, 6) is 0.0545. The molecule has 1 aromatic heterocycles. The van der Waals surface area contributed by atoms with Crippen molar-refractivity contribution in [1.82, 2.24) is 9.97 Å². The van der Waals surface area contributed by atoms with Crippen LogP contribution >= 0.6 is 0 Å². The monoisotopic (exact) mass is 212 g/mol. The molecule has 3 nitrogen and oxygen atoms in total. The molecular weight excluding hydrogens is 200 g/mol. The Hall–Kier alpha value is -2.03. The van der Waals surface area contributed by atoms with E-state index in [-0.39, 0.29) is 5.78 Å². The van der Waals surface area contributed by atoms with Gasteiger partial charge in [-0.15, -0.1) is 0 Å². The third-order valence-electron chi connectivity index (χ3n) is 2.51. The van der Waals surface area contributed by atoms with Crippen LogP contribution in [0, 0.1) is 6.92 Å². The highest BCUT2D eigenvalue weighted by Gasteiger charge is 2.10. The summed E-state index contributed by atoms with van der Waals surface area (Å²) in [7, 11) is 0. The third-order valence-corrected chi connectivity index (χ3v) is 2.51. The average Bonchev–Trinajstić information content (AvgIpc) is 2.29. The quantitative estimate of drug-likeness (QED) is 0.719. The first-order chi connectivity index (χ1) is 7.70. The zero-order chi connectivity index (χ0) is 11.5. The van der Waals surface area contributed by atoms with E-state index in [1.807, 2.05) is 31.2 Å². The molecule has 0 spiro atoms. The summed E-state index contributed by atoms with van der Waals surface area (Å²) in [5.41, 5.74) is 3.39. The minimum atomic E-state index is 0.0545. The van der Waals surface area contributed by atoms with Crippen LogP contribution in [0.15, 0.2) is 36.8 Å². The van der Waals surface area contributed by atoms with Crippen LogP contribution in [-0.4, -0.2) is 15.8 Å². The summed E-state index contributed by atoms with van der Waals surface area (Å²) in [6.45, 7) is 3.48. The van der Waals surface area contributed by atoms with Crippen molar-refractivity contribution in [2.24, 2.45) is 0 Å². The molecule has 0 bridgehead atoms. The first-order valence-electron chi connectivity index (χ1n) is 5.07. The number of ketones is 1. The summed E-state index contributed by atoms with van der Waals surface area (Å²) >= 11 is 0. The Morgan fingerprint density at radius 2 is 1.94 bits per heavy atom. The predicted octanol–water partition coefficient (Wildman–Crippen LogP) is 2.65. The van der Waals surface area contributed by atoms with Crippen LogP contribution in [0.2, 0.25) is 0 Å². The van der Waals surface area contributed by atoms with Crippen molar-refractivity contribution in [2.75, 3.05) is 0 Å². The standard InChI is InChI=1S/C13H12N2O/c1-9-13(7-14-8-15-9)12-6-4-3-5-11(12)10(2)16/h3-8H,1-2H3. The zero-order valence-corrected chi connectivity index (χ0v) is 9.27. The number of aryl methyl sites for hydroxylation is 1. The Kier molecular flexibility index (Phi) is 2.77. The molecule has 2 aromatic rings. The maximum absolute atomic E-state index is 11.5. The number of hydrogen-bond donors (Lipinski definition) is 0. The summed E-state index contributed by atoms with van der Waals surface area (Å²) in [6.07, 6.45) is 3.25. The molecule has 0 saturated heterocycles. The highest BCUT2D eigenvalue weighted by molar-refractivity contribution is 6.00. The lowest BCUT2D eigenvalue weighted by molar-refractivity contribution is 0.101. The van der Waals surface area contributed by atoms with Gasteiger partial charge >= 0.3 is 0 Å². The molecule has 0 saturated carbocycles. The van der Waals surface area contributed by atoms with Crippen LogP contribution in [0.5, 0.6) is 0 Å². The van der Waals surface area contributed by atoms with Crippen molar-refractivity contribution in [2.45, 2.75) is 13.8 Å². The van der Waals surface area contributed by atoms with Gasteiger partial charge in [0.05, 0.1) is 0 Å². The molecule has 16 heavy (non-hydrogen) atoms. The van der Waals surface area contributed by atoms with Crippen LogP contribution in [0.4, 0.5) is 0 Å². The number of rotatable bonds is 2. The Morgan fingerprint density at radius 3 is 2.62 bits per heavy atom. The van der Waals surface area contributed by atoms with E-state index in [4.69, 9.17) is 0 Å². The van der Waals surface area contributed by atoms with Crippen molar-refractivity contribution in [1.29, 1.82) is 0 Å². The van der Waals surface area contributed by atoms with Gasteiger partial charge in [0.15, 0.2) is 5.78 Å². The summed E-state index contributed by atoms with van der Waals surface area (Å²) < 4.78 is 0. The number of aromatic nitrogens is 2. The number of carbonyl (C=O) groups excluding carboxylic acids is 1. The maximum atomic E-state index is 11.5. The first-order valence-corrected chi connectivity index (χ1v) is 5.07. The molecule has 0 atom stereocenters. The molecular formula is C13H12N2O. The number of Topliss-reactive ketones (excluding diaryl/α,β-unsaturated/α-hetero) is 1. The van der Waals surface area contributed by atoms with E-state index in [9.17, 15) is 4.79 Å². The summed E-state index contributed by atoms with van der Waals surface area (Å²) in [5, 5.41) is 0. The molecule has 0 radical (unpaired) electrons. The molecule has 1 aromatic carbocycles. The van der Waals surface area contributed by atoms with Crippen LogP contribution < -0.4 is 0 Å². The fraction of sp³-hybridized carbons (Fsp3) is 0.154. The number of carbonyl (C=O) groups is 1. The normalized spacial score (nSPS) is 10.1. The third kappa shape index (κ3) is 1.84. The van der Waals surface area contributed by atoms with Crippen LogP contribution in [0.25, 0.3) is 11.1 Å². The van der Waals surface area contributed by atoms with E-state index >= 15 is 0 Å². The molecule has 80 valence electrons. The molecule has 3 heteroatoms. The van der Waals surface area contributed by atoms with Crippen molar-refractivity contribution >= 4 is 5.78 Å². The molecule has 0 fully saturated rings. The Labute approximate surface area is 94.2 Å². The van der Waals surface area contributed by atoms with E-state index in [2.05, 4.69) is 9.97 Å². The van der Waals surface area contributed by atoms with Gasteiger partial charge in [-0.05, 0) is 19.4 Å². The Morgan fingerprint density at radius 1 is 1.19 bits per heavy atom. The lowest BCUT2D eigenvalue weighted by Gasteiger charge is -2.08. The van der Waals surface area contributed by atoms with Gasteiger partial charge in [0.1, 0.15) is 6.33 Å². The van der Waals surface area contributed by atoms with Gasteiger partial charge in [-0.1, -0.05) is 24.3 Å². The van der Waals surface area contributed by atoms with E-state index in [0.29, 0.717) is 5.56 Å². The Balaban J connectivity index is 2.65. The van der Waals surface area contributed by atoms with Gasteiger partial charge in [0.25, 0.3) is 0 Å². The minimum absolute atomic E-state index is 0.0545. The largest absolute Gasteiger partial charge is 0.294 e. The van der Waals surface area contributed by atoms with Crippen LogP contribution in [0.1, 0.15) is 23.0 Å². The number of nitrogens with zero attached hydrogens (tertiary/aromatic N) is 2. The SMILES string of the molecule is CC(=O)c1ccccc1-c1cncnc1C. The fourth-order valence-electron chi connectivity index (χ4n) is 1.68. The number of hydrogen-bond acceptors (Lipinski definition) is 3. The van der Waals surface area contributed by atoms with Crippen molar-refractivity contribution < 1.29 is 4.79 Å². The van der Waals surface area contributed by atoms with Gasteiger partial charge in [0, 0.05) is 23.0 Å². The molecule has 0 aliphatic carbocycles. The van der Waals surface area contributed by atoms with E-state index in [0.717, 1.165) is 16.8 Å². The second-order valence-corrected chi connectivity index (χ2v) is 3.62. The smallest absolute Gasteiger partial charge is 0.160 e. The second-order valence-electron chi connectivity index (χ2n) is 3.62. The second kappa shape index (κ2) is 4.23. The molecule has 2 rings (SSSR count). The first kappa shape index (κ1) is 10.5. The minimum Gasteiger partial charge on any atom is -0.294 e. The van der Waals surface area contributed by atoms with E-state index in [1.165, 1.54) is 6.33 Å². The van der Waals surface area contributed by atoms with Crippen LogP contribution in [-0.2, 0) is 0 Å².